The molecule has 0 fully saturated rings. The van der Waals surface area contributed by atoms with E-state index in [0.29, 0.717) is 16.7 Å². The van der Waals surface area contributed by atoms with Crippen LogP contribution in [0.25, 0.3) is 17.1 Å². The minimum atomic E-state index is -3.63. The van der Waals surface area contributed by atoms with Gasteiger partial charge in [0.1, 0.15) is 0 Å². The van der Waals surface area contributed by atoms with Crippen LogP contribution in [0.2, 0.25) is 0 Å². The second-order valence-electron chi connectivity index (χ2n) is 4.70. The van der Waals surface area contributed by atoms with Gasteiger partial charge in [0.15, 0.2) is 0 Å². The second-order valence-corrected chi connectivity index (χ2v) is 6.27. The quantitative estimate of drug-likeness (QED) is 0.689. The van der Waals surface area contributed by atoms with E-state index in [1.165, 1.54) is 6.08 Å². The molecule has 1 heterocycles. The zero-order valence-corrected chi connectivity index (χ0v) is 12.2. The highest BCUT2D eigenvalue weighted by atomic mass is 32.2. The lowest BCUT2D eigenvalue weighted by molar-refractivity contribution is 0.609. The van der Waals surface area contributed by atoms with E-state index in [4.69, 9.17) is 0 Å². The number of rotatable bonds is 4. The van der Waals surface area contributed by atoms with E-state index >= 15 is 0 Å². The SMILES string of the molecule is O=c1[nH]c2ccc(NS(=O)(=O)/C=C/c3ccccc3)cc2[nH]1. The predicted octanol–water partition coefficient (Wildman–Crippen LogP) is 2.27. The number of fused-ring (bicyclic) bond motifs is 1. The third kappa shape index (κ3) is 3.26. The van der Waals surface area contributed by atoms with Crippen LogP contribution >= 0.6 is 0 Å². The average Bonchev–Trinajstić information content (AvgIpc) is 2.85. The largest absolute Gasteiger partial charge is 0.323 e. The van der Waals surface area contributed by atoms with Crippen molar-refractivity contribution in [3.8, 4) is 0 Å². The molecule has 0 aliphatic carbocycles. The van der Waals surface area contributed by atoms with E-state index in [0.717, 1.165) is 11.0 Å². The third-order valence-electron chi connectivity index (χ3n) is 3.02. The van der Waals surface area contributed by atoms with E-state index in [1.54, 1.807) is 18.2 Å². The summed E-state index contributed by atoms with van der Waals surface area (Å²) in [5.41, 5.74) is 1.99. The van der Waals surface area contributed by atoms with Gasteiger partial charge < -0.3 is 9.97 Å². The number of hydrogen-bond donors (Lipinski definition) is 3. The number of aromatic nitrogens is 2. The monoisotopic (exact) mass is 315 g/mol. The van der Waals surface area contributed by atoms with Crippen molar-refractivity contribution in [1.82, 2.24) is 9.97 Å². The molecule has 7 heteroatoms. The normalized spacial score (nSPS) is 12.0. The summed E-state index contributed by atoms with van der Waals surface area (Å²) in [4.78, 5) is 16.4. The Morgan fingerprint density at radius 1 is 0.955 bits per heavy atom. The summed E-state index contributed by atoms with van der Waals surface area (Å²) >= 11 is 0. The molecule has 0 aliphatic heterocycles. The van der Waals surface area contributed by atoms with Crippen molar-refractivity contribution in [2.45, 2.75) is 0 Å². The van der Waals surface area contributed by atoms with Crippen molar-refractivity contribution >= 4 is 32.8 Å². The van der Waals surface area contributed by atoms with Crippen LogP contribution in [0.1, 0.15) is 5.56 Å². The predicted molar refractivity (Wildman–Crippen MR) is 86.9 cm³/mol. The topological polar surface area (TPSA) is 94.8 Å². The molecule has 0 spiro atoms. The van der Waals surface area contributed by atoms with Gasteiger partial charge in [-0.2, -0.15) is 0 Å². The van der Waals surface area contributed by atoms with Crippen molar-refractivity contribution in [3.05, 3.63) is 70.0 Å². The summed E-state index contributed by atoms with van der Waals surface area (Å²) < 4.78 is 26.5. The molecule has 22 heavy (non-hydrogen) atoms. The number of aromatic amines is 2. The van der Waals surface area contributed by atoms with Gasteiger partial charge in [0.05, 0.1) is 22.1 Å². The molecule has 0 amide bonds. The Morgan fingerprint density at radius 2 is 1.68 bits per heavy atom. The van der Waals surface area contributed by atoms with Gasteiger partial charge >= 0.3 is 5.69 Å². The molecule has 3 N–H and O–H groups in total. The first-order valence-electron chi connectivity index (χ1n) is 6.50. The van der Waals surface area contributed by atoms with Crippen LogP contribution in [0.15, 0.2) is 58.7 Å². The standard InChI is InChI=1S/C15H13N3O3S/c19-15-16-13-7-6-12(10-14(13)17-15)18-22(20,21)9-8-11-4-2-1-3-5-11/h1-10,18H,(H2,16,17,19)/b9-8+. The van der Waals surface area contributed by atoms with Crippen LogP contribution in [0.3, 0.4) is 0 Å². The van der Waals surface area contributed by atoms with Gasteiger partial charge in [-0.05, 0) is 29.8 Å². The Hall–Kier alpha value is -2.80. The Kier molecular flexibility index (Phi) is 3.56. The lowest BCUT2D eigenvalue weighted by Gasteiger charge is -2.04. The molecule has 6 nitrogen and oxygen atoms in total. The molecule has 3 aromatic rings. The van der Waals surface area contributed by atoms with E-state index in [2.05, 4.69) is 14.7 Å². The first-order valence-corrected chi connectivity index (χ1v) is 8.04. The van der Waals surface area contributed by atoms with E-state index < -0.39 is 10.0 Å². The molecule has 0 radical (unpaired) electrons. The second kappa shape index (κ2) is 5.53. The van der Waals surface area contributed by atoms with Crippen molar-refractivity contribution in [2.24, 2.45) is 0 Å². The van der Waals surface area contributed by atoms with E-state index in [9.17, 15) is 13.2 Å². The van der Waals surface area contributed by atoms with Gasteiger partial charge in [0.25, 0.3) is 10.0 Å². The first-order chi connectivity index (χ1) is 10.5. The fourth-order valence-electron chi connectivity index (χ4n) is 2.03. The van der Waals surface area contributed by atoms with Crippen LogP contribution in [0.5, 0.6) is 0 Å². The Balaban J connectivity index is 1.83. The molecule has 0 saturated carbocycles. The molecule has 3 rings (SSSR count). The third-order valence-corrected chi connectivity index (χ3v) is 4.03. The number of anilines is 1. The highest BCUT2D eigenvalue weighted by Gasteiger charge is 2.07. The summed E-state index contributed by atoms with van der Waals surface area (Å²) in [6, 6.07) is 13.9. The average molecular weight is 315 g/mol. The molecule has 0 unspecified atom stereocenters. The maximum atomic E-state index is 12.0. The Labute approximate surface area is 126 Å². The molecule has 112 valence electrons. The molecule has 1 aromatic heterocycles. The molecule has 0 bridgehead atoms. The minimum Gasteiger partial charge on any atom is -0.306 e. The van der Waals surface area contributed by atoms with E-state index in [1.807, 2.05) is 30.3 Å². The molecule has 0 aliphatic rings. The number of imidazole rings is 1. The Morgan fingerprint density at radius 3 is 2.45 bits per heavy atom. The minimum absolute atomic E-state index is 0.334. The maximum absolute atomic E-state index is 12.0. The van der Waals surface area contributed by atoms with Crippen LogP contribution in [-0.4, -0.2) is 18.4 Å². The smallest absolute Gasteiger partial charge is 0.306 e. The zero-order chi connectivity index (χ0) is 15.6. The van der Waals surface area contributed by atoms with Gasteiger partial charge in [-0.1, -0.05) is 30.3 Å². The lowest BCUT2D eigenvalue weighted by atomic mass is 10.2. The van der Waals surface area contributed by atoms with Crippen molar-refractivity contribution < 1.29 is 8.42 Å². The molecule has 0 atom stereocenters. The van der Waals surface area contributed by atoms with Gasteiger partial charge in [0, 0.05) is 0 Å². The van der Waals surface area contributed by atoms with Crippen LogP contribution < -0.4 is 10.4 Å². The lowest BCUT2D eigenvalue weighted by Crippen LogP contribution is -2.08. The summed E-state index contributed by atoms with van der Waals surface area (Å²) in [7, 11) is -3.63. The molecule has 2 aromatic carbocycles. The summed E-state index contributed by atoms with van der Waals surface area (Å²) in [5, 5.41) is 1.10. The highest BCUT2D eigenvalue weighted by Crippen LogP contribution is 2.16. The van der Waals surface area contributed by atoms with E-state index in [-0.39, 0.29) is 5.69 Å². The van der Waals surface area contributed by atoms with Crippen LogP contribution in [0.4, 0.5) is 5.69 Å². The zero-order valence-electron chi connectivity index (χ0n) is 11.4. The van der Waals surface area contributed by atoms with Gasteiger partial charge in [-0.3, -0.25) is 4.72 Å². The Bertz CT molecular complexity index is 986. The number of nitrogens with one attached hydrogen (secondary N) is 3. The maximum Gasteiger partial charge on any atom is 0.323 e. The van der Waals surface area contributed by atoms with Crippen molar-refractivity contribution in [2.75, 3.05) is 4.72 Å². The number of benzene rings is 2. The van der Waals surface area contributed by atoms with Gasteiger partial charge in [-0.15, -0.1) is 0 Å². The molecular formula is C15H13N3O3S. The summed E-state index contributed by atoms with van der Waals surface area (Å²) in [6.07, 6.45) is 1.51. The van der Waals surface area contributed by atoms with Gasteiger partial charge in [0.2, 0.25) is 0 Å². The summed E-state index contributed by atoms with van der Waals surface area (Å²) in [5.74, 6) is 0. The van der Waals surface area contributed by atoms with Crippen molar-refractivity contribution in [1.29, 1.82) is 0 Å². The van der Waals surface area contributed by atoms with Crippen LogP contribution in [0, 0.1) is 0 Å². The number of hydrogen-bond acceptors (Lipinski definition) is 3. The first kappa shape index (κ1) is 14.2. The highest BCUT2D eigenvalue weighted by molar-refractivity contribution is 7.95. The fraction of sp³-hybridized carbons (Fsp3) is 0. The number of H-pyrrole nitrogens is 2. The van der Waals surface area contributed by atoms with Crippen LogP contribution in [-0.2, 0) is 10.0 Å². The fourth-order valence-corrected chi connectivity index (χ4v) is 2.89. The van der Waals surface area contributed by atoms with Crippen molar-refractivity contribution in [3.63, 3.8) is 0 Å². The number of sulfonamides is 1. The van der Waals surface area contributed by atoms with Gasteiger partial charge in [-0.25, -0.2) is 13.2 Å². The summed E-state index contributed by atoms with van der Waals surface area (Å²) in [6.45, 7) is 0. The molecule has 0 saturated heterocycles. The molecular weight excluding hydrogens is 302 g/mol.